The van der Waals surface area contributed by atoms with Gasteiger partial charge in [0.25, 0.3) is 0 Å². The lowest BCUT2D eigenvalue weighted by molar-refractivity contribution is 0.592. The number of rotatable bonds is 5. The maximum absolute atomic E-state index is 12.6. The quantitative estimate of drug-likeness (QED) is 0.596. The lowest BCUT2D eigenvalue weighted by Gasteiger charge is -2.19. The van der Waals surface area contributed by atoms with Crippen molar-refractivity contribution in [1.29, 1.82) is 0 Å². The van der Waals surface area contributed by atoms with Gasteiger partial charge in [-0.1, -0.05) is 30.4 Å². The van der Waals surface area contributed by atoms with Crippen LogP contribution in [-0.2, 0) is 27.0 Å². The van der Waals surface area contributed by atoms with Gasteiger partial charge in [0.1, 0.15) is 10.7 Å². The van der Waals surface area contributed by atoms with Crippen molar-refractivity contribution >= 4 is 49.3 Å². The summed E-state index contributed by atoms with van der Waals surface area (Å²) in [5.41, 5.74) is 0.569. The van der Waals surface area contributed by atoms with Crippen LogP contribution in [0.25, 0.3) is 0 Å². The van der Waals surface area contributed by atoms with Gasteiger partial charge < -0.3 is 9.87 Å². The van der Waals surface area contributed by atoms with Gasteiger partial charge in [-0.15, -0.1) is 0 Å². The number of nitrogens with zero attached hydrogens (tertiary/aromatic N) is 1. The highest BCUT2D eigenvalue weighted by Crippen LogP contribution is 2.23. The molecule has 0 spiro atoms. The van der Waals surface area contributed by atoms with Gasteiger partial charge in [0.2, 0.25) is 10.0 Å². The average Bonchev–Trinajstić information content (AvgIpc) is 2.74. The average molecular weight is 388 g/mol. The third-order valence-electron chi connectivity index (χ3n) is 3.55. The van der Waals surface area contributed by atoms with Crippen LogP contribution < -0.4 is 10.0 Å². The first-order chi connectivity index (χ1) is 11.0. The van der Waals surface area contributed by atoms with Gasteiger partial charge >= 0.3 is 5.17 Å². The summed E-state index contributed by atoms with van der Waals surface area (Å²) in [4.78, 5) is 4.63. The zero-order chi connectivity index (χ0) is 18.1. The van der Waals surface area contributed by atoms with E-state index >= 15 is 0 Å². The smallest absolute Gasteiger partial charge is 0.318 e. The standard InChI is InChI=1S/C15H21N3O3S3/c1-10(2)24(20,21)18-12-8-6-5-7-11(12)9-23(19)14-16-13(22)15(3,4)17-14/h5-8,10,18H,9H2,1-4H3,(H,16,17,22). The Morgan fingerprint density at radius 1 is 1.38 bits per heavy atom. The molecule has 1 aromatic carbocycles. The Bertz CT molecular complexity index is 773. The molecular formula is C15H21N3O3S3. The van der Waals surface area contributed by atoms with Gasteiger partial charge in [0.15, 0.2) is 0 Å². The summed E-state index contributed by atoms with van der Waals surface area (Å²) in [6.45, 7) is 6.94. The third-order valence-corrected chi connectivity index (χ3v) is 7.09. The number of hydrogen-bond donors (Lipinski definition) is 2. The number of benzene rings is 1. The van der Waals surface area contributed by atoms with E-state index in [-0.39, 0.29) is 5.75 Å². The molecule has 1 aliphatic heterocycles. The first-order valence-electron chi connectivity index (χ1n) is 7.42. The van der Waals surface area contributed by atoms with Crippen molar-refractivity contribution < 1.29 is 13.0 Å². The Hall–Kier alpha value is -1.16. The van der Waals surface area contributed by atoms with Crippen molar-refractivity contribution in [3.8, 4) is 0 Å². The Morgan fingerprint density at radius 2 is 2.00 bits per heavy atom. The maximum atomic E-state index is 12.6. The number of aliphatic imine (C=N–C) groups is 1. The molecule has 0 saturated carbocycles. The van der Waals surface area contributed by atoms with E-state index in [0.717, 1.165) is 0 Å². The van der Waals surface area contributed by atoms with E-state index < -0.39 is 32.0 Å². The highest BCUT2D eigenvalue weighted by molar-refractivity contribution is 8.05. The number of nitrogens with one attached hydrogen (secondary N) is 2. The number of sulfonamides is 1. The summed E-state index contributed by atoms with van der Waals surface area (Å²) < 4.78 is 39.3. The largest absolute Gasteiger partial charge is 0.609 e. The fraction of sp³-hybridized carbons (Fsp3) is 0.467. The van der Waals surface area contributed by atoms with Crippen LogP contribution in [-0.4, -0.2) is 33.9 Å². The van der Waals surface area contributed by atoms with Crippen molar-refractivity contribution in [2.45, 2.75) is 44.2 Å². The molecule has 6 nitrogen and oxygen atoms in total. The van der Waals surface area contributed by atoms with E-state index in [2.05, 4.69) is 15.0 Å². The molecular weight excluding hydrogens is 366 g/mol. The first-order valence-corrected chi connectivity index (χ1v) is 10.7. The molecule has 1 aliphatic rings. The third kappa shape index (κ3) is 4.27. The molecule has 0 bridgehead atoms. The summed E-state index contributed by atoms with van der Waals surface area (Å²) in [6, 6.07) is 6.91. The van der Waals surface area contributed by atoms with E-state index in [9.17, 15) is 13.0 Å². The van der Waals surface area contributed by atoms with Crippen LogP contribution in [0.15, 0.2) is 29.3 Å². The molecule has 24 heavy (non-hydrogen) atoms. The van der Waals surface area contributed by atoms with Gasteiger partial charge in [0.05, 0.1) is 16.5 Å². The Balaban J connectivity index is 2.20. The lowest BCUT2D eigenvalue weighted by Crippen LogP contribution is -2.44. The molecule has 0 fully saturated rings. The van der Waals surface area contributed by atoms with E-state index in [1.54, 1.807) is 38.1 Å². The second kappa shape index (κ2) is 6.99. The summed E-state index contributed by atoms with van der Waals surface area (Å²) in [6.07, 6.45) is 0. The first kappa shape index (κ1) is 19.2. The highest BCUT2D eigenvalue weighted by Gasteiger charge is 2.37. The fourth-order valence-corrected chi connectivity index (χ4v) is 4.09. The van der Waals surface area contributed by atoms with Gasteiger partial charge in [0, 0.05) is 16.7 Å². The topological polar surface area (TPSA) is 93.6 Å². The number of para-hydroxylation sites is 1. The summed E-state index contributed by atoms with van der Waals surface area (Å²) >= 11 is 3.72. The van der Waals surface area contributed by atoms with Crippen LogP contribution in [0.3, 0.4) is 0 Å². The van der Waals surface area contributed by atoms with Crippen LogP contribution in [0, 0.1) is 0 Å². The van der Waals surface area contributed by atoms with Crippen LogP contribution in [0.5, 0.6) is 0 Å². The molecule has 0 amide bonds. The zero-order valence-electron chi connectivity index (χ0n) is 14.0. The highest BCUT2D eigenvalue weighted by atomic mass is 32.2. The molecule has 0 aliphatic carbocycles. The fourth-order valence-electron chi connectivity index (χ4n) is 1.92. The lowest BCUT2D eigenvalue weighted by atomic mass is 10.1. The minimum absolute atomic E-state index is 0.140. The van der Waals surface area contributed by atoms with Crippen molar-refractivity contribution in [3.05, 3.63) is 29.8 Å². The Morgan fingerprint density at radius 3 is 2.54 bits per heavy atom. The van der Waals surface area contributed by atoms with Crippen LogP contribution in [0.4, 0.5) is 5.69 Å². The van der Waals surface area contributed by atoms with Crippen LogP contribution >= 0.6 is 12.2 Å². The Labute approximate surface area is 151 Å². The monoisotopic (exact) mass is 387 g/mol. The molecule has 2 N–H and O–H groups in total. The van der Waals surface area contributed by atoms with Crippen LogP contribution in [0.2, 0.25) is 0 Å². The minimum Gasteiger partial charge on any atom is -0.609 e. The molecule has 1 heterocycles. The van der Waals surface area contributed by atoms with Gasteiger partial charge in [-0.2, -0.15) is 4.99 Å². The predicted octanol–water partition coefficient (Wildman–Crippen LogP) is 2.15. The summed E-state index contributed by atoms with van der Waals surface area (Å²) in [7, 11) is -3.47. The van der Waals surface area contributed by atoms with Crippen molar-refractivity contribution in [1.82, 2.24) is 5.32 Å². The molecule has 0 aromatic heterocycles. The van der Waals surface area contributed by atoms with E-state index in [4.69, 9.17) is 12.2 Å². The van der Waals surface area contributed by atoms with Crippen molar-refractivity contribution in [2.24, 2.45) is 4.99 Å². The maximum Gasteiger partial charge on any atom is 0.318 e. The summed E-state index contributed by atoms with van der Waals surface area (Å²) in [5.74, 6) is 0.140. The SMILES string of the molecule is CC(C)S(=O)(=O)Nc1ccccc1C[S+]([O-])C1=NC(=S)C(C)(C)N1. The minimum atomic E-state index is -3.47. The number of hydrogen-bond acceptors (Lipinski definition) is 5. The van der Waals surface area contributed by atoms with Crippen LogP contribution in [0.1, 0.15) is 33.3 Å². The second-order valence-electron chi connectivity index (χ2n) is 6.31. The van der Waals surface area contributed by atoms with E-state index in [1.807, 2.05) is 13.8 Å². The molecule has 132 valence electrons. The predicted molar refractivity (Wildman–Crippen MR) is 103 cm³/mol. The number of anilines is 1. The Kier molecular flexibility index (Phi) is 5.58. The molecule has 0 radical (unpaired) electrons. The molecule has 2 rings (SSSR count). The molecule has 9 heteroatoms. The van der Waals surface area contributed by atoms with Gasteiger partial charge in [-0.05, 0) is 33.8 Å². The number of thiocarbonyl (C=S) groups is 1. The molecule has 1 atom stereocenters. The van der Waals surface area contributed by atoms with Gasteiger partial charge in [-0.3, -0.25) is 4.72 Å². The normalized spacial score (nSPS) is 18.2. The van der Waals surface area contributed by atoms with E-state index in [1.165, 1.54) is 0 Å². The second-order valence-corrected chi connectivity index (χ2v) is 10.3. The molecule has 0 saturated heterocycles. The molecule has 1 aromatic rings. The number of amidine groups is 1. The van der Waals surface area contributed by atoms with E-state index in [0.29, 0.717) is 21.4 Å². The van der Waals surface area contributed by atoms with Crippen molar-refractivity contribution in [3.63, 3.8) is 0 Å². The van der Waals surface area contributed by atoms with Gasteiger partial charge in [-0.25, -0.2) is 8.42 Å². The zero-order valence-corrected chi connectivity index (χ0v) is 16.4. The van der Waals surface area contributed by atoms with Crippen molar-refractivity contribution in [2.75, 3.05) is 4.72 Å². The molecule has 1 unspecified atom stereocenters. The summed E-state index contributed by atoms with van der Waals surface area (Å²) in [5, 5.41) is 2.82.